The second-order valence-electron chi connectivity index (χ2n) is 5.87. The molecule has 0 aliphatic carbocycles. The molecule has 0 atom stereocenters. The van der Waals surface area contributed by atoms with Crippen LogP contribution in [0.5, 0.6) is 0 Å². The molecule has 0 bridgehead atoms. The minimum atomic E-state index is -0.238. The maximum Gasteiger partial charge on any atom is 0.172 e. The van der Waals surface area contributed by atoms with Gasteiger partial charge < -0.3 is 10.6 Å². The minimum Gasteiger partial charge on any atom is -0.358 e. The lowest BCUT2D eigenvalue weighted by molar-refractivity contribution is 0.586. The molecule has 0 saturated carbocycles. The molecule has 8 heteroatoms. The van der Waals surface area contributed by atoms with E-state index in [0.717, 1.165) is 17.8 Å². The molecule has 3 rings (SSSR count). The van der Waals surface area contributed by atoms with Gasteiger partial charge >= 0.3 is 0 Å². The van der Waals surface area contributed by atoms with Crippen LogP contribution in [0, 0.1) is 12.7 Å². The van der Waals surface area contributed by atoms with Gasteiger partial charge in [-0.05, 0) is 32.1 Å². The van der Waals surface area contributed by atoms with Gasteiger partial charge in [-0.2, -0.15) is 10.2 Å². The van der Waals surface area contributed by atoms with Crippen molar-refractivity contribution in [3.05, 3.63) is 65.4 Å². The highest BCUT2D eigenvalue weighted by molar-refractivity contribution is 7.80. The van der Waals surface area contributed by atoms with Gasteiger partial charge in [0.25, 0.3) is 0 Å². The number of halogens is 1. The molecule has 0 saturated heterocycles. The third-order valence-electron chi connectivity index (χ3n) is 4.12. The highest BCUT2D eigenvalue weighted by atomic mass is 32.1. The summed E-state index contributed by atoms with van der Waals surface area (Å²) in [6.45, 7) is 5.89. The molecule has 2 aromatic heterocycles. The quantitative estimate of drug-likeness (QED) is 0.651. The first kappa shape index (κ1) is 18.1. The van der Waals surface area contributed by atoms with E-state index in [4.69, 9.17) is 12.2 Å². The van der Waals surface area contributed by atoms with Gasteiger partial charge in [-0.3, -0.25) is 9.36 Å². The Labute approximate surface area is 157 Å². The average molecular weight is 372 g/mol. The summed E-state index contributed by atoms with van der Waals surface area (Å²) in [7, 11) is 0. The number of benzene rings is 1. The van der Waals surface area contributed by atoms with Crippen LogP contribution in [0.2, 0.25) is 0 Å². The lowest BCUT2D eigenvalue weighted by Gasteiger charge is -2.09. The molecule has 6 nitrogen and oxygen atoms in total. The van der Waals surface area contributed by atoms with Crippen molar-refractivity contribution in [2.24, 2.45) is 0 Å². The number of thiocarbonyl (C=S) groups is 1. The molecule has 0 amide bonds. The predicted molar refractivity (Wildman–Crippen MR) is 103 cm³/mol. The molecule has 2 N–H and O–H groups in total. The zero-order chi connectivity index (χ0) is 18.5. The SMILES string of the molecule is CCn1ncc(CNC(=S)Nc2ccn(Cc3ccccc3F)n2)c1C. The van der Waals surface area contributed by atoms with E-state index in [2.05, 4.69) is 27.8 Å². The van der Waals surface area contributed by atoms with Crippen molar-refractivity contribution in [2.75, 3.05) is 5.32 Å². The van der Waals surface area contributed by atoms with Crippen molar-refractivity contribution in [1.29, 1.82) is 0 Å². The summed E-state index contributed by atoms with van der Waals surface area (Å²) in [6, 6.07) is 8.47. The van der Waals surface area contributed by atoms with E-state index in [0.29, 0.717) is 29.6 Å². The van der Waals surface area contributed by atoms with Crippen LogP contribution in [-0.4, -0.2) is 24.7 Å². The summed E-state index contributed by atoms with van der Waals surface area (Å²) in [5.74, 6) is 0.373. The van der Waals surface area contributed by atoms with Gasteiger partial charge in [0.2, 0.25) is 0 Å². The van der Waals surface area contributed by atoms with E-state index in [1.54, 1.807) is 29.1 Å². The number of nitrogens with zero attached hydrogens (tertiary/aromatic N) is 4. The Morgan fingerprint density at radius 1 is 1.23 bits per heavy atom. The molecule has 136 valence electrons. The van der Waals surface area contributed by atoms with Gasteiger partial charge in [0.05, 0.1) is 12.7 Å². The highest BCUT2D eigenvalue weighted by Gasteiger charge is 2.07. The molecule has 0 unspecified atom stereocenters. The van der Waals surface area contributed by atoms with E-state index >= 15 is 0 Å². The monoisotopic (exact) mass is 372 g/mol. The van der Waals surface area contributed by atoms with Crippen LogP contribution in [0.15, 0.2) is 42.7 Å². The number of hydrogen-bond donors (Lipinski definition) is 2. The van der Waals surface area contributed by atoms with Crippen LogP contribution < -0.4 is 10.6 Å². The first-order valence-electron chi connectivity index (χ1n) is 8.39. The zero-order valence-electron chi connectivity index (χ0n) is 14.7. The Balaban J connectivity index is 1.54. The Hall–Kier alpha value is -2.74. The fourth-order valence-electron chi connectivity index (χ4n) is 2.63. The summed E-state index contributed by atoms with van der Waals surface area (Å²) in [4.78, 5) is 0. The standard InChI is InChI=1S/C18H21FN6S/c1-3-25-13(2)15(11-21-25)10-20-18(26)22-17-8-9-24(23-17)12-14-6-4-5-7-16(14)19/h4-9,11H,3,10,12H2,1-2H3,(H2,20,22,23,26). The van der Waals surface area contributed by atoms with Crippen LogP contribution in [0.1, 0.15) is 23.7 Å². The molecule has 1 aromatic carbocycles. The van der Waals surface area contributed by atoms with Gasteiger partial charge in [0, 0.05) is 42.2 Å². The second kappa shape index (κ2) is 8.09. The number of anilines is 1. The first-order valence-corrected chi connectivity index (χ1v) is 8.80. The second-order valence-corrected chi connectivity index (χ2v) is 6.28. The molecule has 0 spiro atoms. The van der Waals surface area contributed by atoms with E-state index in [-0.39, 0.29) is 5.82 Å². The molecular formula is C18H21FN6S. The highest BCUT2D eigenvalue weighted by Crippen LogP contribution is 2.10. The van der Waals surface area contributed by atoms with E-state index in [1.165, 1.54) is 6.07 Å². The fourth-order valence-corrected chi connectivity index (χ4v) is 2.81. The Kier molecular flexibility index (Phi) is 5.62. The maximum atomic E-state index is 13.7. The number of aryl methyl sites for hydroxylation is 1. The van der Waals surface area contributed by atoms with Gasteiger partial charge in [-0.1, -0.05) is 18.2 Å². The maximum absolute atomic E-state index is 13.7. The number of aromatic nitrogens is 4. The summed E-state index contributed by atoms with van der Waals surface area (Å²) in [5.41, 5.74) is 2.81. The Morgan fingerprint density at radius 2 is 2.04 bits per heavy atom. The third-order valence-corrected chi connectivity index (χ3v) is 4.36. The molecule has 2 heterocycles. The minimum absolute atomic E-state index is 0.238. The van der Waals surface area contributed by atoms with Crippen LogP contribution in [0.3, 0.4) is 0 Å². The number of nitrogens with one attached hydrogen (secondary N) is 2. The predicted octanol–water partition coefficient (Wildman–Crippen LogP) is 3.08. The van der Waals surface area contributed by atoms with E-state index in [1.807, 2.05) is 23.9 Å². The smallest absolute Gasteiger partial charge is 0.172 e. The summed E-state index contributed by atoms with van der Waals surface area (Å²) < 4.78 is 17.3. The normalized spacial score (nSPS) is 10.7. The van der Waals surface area contributed by atoms with Crippen LogP contribution >= 0.6 is 12.2 Å². The molecule has 3 aromatic rings. The van der Waals surface area contributed by atoms with Gasteiger partial charge in [-0.15, -0.1) is 0 Å². The summed E-state index contributed by atoms with van der Waals surface area (Å²) in [6.07, 6.45) is 3.63. The average Bonchev–Trinajstić information content (AvgIpc) is 3.21. The van der Waals surface area contributed by atoms with Crippen molar-refractivity contribution < 1.29 is 4.39 Å². The van der Waals surface area contributed by atoms with Crippen molar-refractivity contribution >= 4 is 23.1 Å². The van der Waals surface area contributed by atoms with Gasteiger partial charge in [-0.25, -0.2) is 4.39 Å². The Morgan fingerprint density at radius 3 is 2.77 bits per heavy atom. The topological polar surface area (TPSA) is 59.7 Å². The number of rotatable bonds is 6. The van der Waals surface area contributed by atoms with E-state index < -0.39 is 0 Å². The Bertz CT molecular complexity index is 901. The number of hydrogen-bond acceptors (Lipinski definition) is 3. The summed E-state index contributed by atoms with van der Waals surface area (Å²) >= 11 is 5.31. The largest absolute Gasteiger partial charge is 0.358 e. The van der Waals surface area contributed by atoms with Crippen molar-refractivity contribution in [3.8, 4) is 0 Å². The first-order chi connectivity index (χ1) is 12.6. The fraction of sp³-hybridized carbons (Fsp3) is 0.278. The molecule has 26 heavy (non-hydrogen) atoms. The lowest BCUT2D eigenvalue weighted by Crippen LogP contribution is -2.28. The van der Waals surface area contributed by atoms with Crippen molar-refractivity contribution in [3.63, 3.8) is 0 Å². The van der Waals surface area contributed by atoms with Gasteiger partial charge in [0.15, 0.2) is 10.9 Å². The zero-order valence-corrected chi connectivity index (χ0v) is 15.6. The molecule has 0 fully saturated rings. The van der Waals surface area contributed by atoms with E-state index in [9.17, 15) is 4.39 Å². The molecule has 0 aliphatic heterocycles. The molecule has 0 aliphatic rings. The lowest BCUT2D eigenvalue weighted by atomic mass is 10.2. The third kappa shape index (κ3) is 4.26. The van der Waals surface area contributed by atoms with Crippen LogP contribution in [0.25, 0.3) is 0 Å². The van der Waals surface area contributed by atoms with Crippen LogP contribution in [0.4, 0.5) is 10.2 Å². The molecule has 0 radical (unpaired) electrons. The molecular weight excluding hydrogens is 351 g/mol. The van der Waals surface area contributed by atoms with Crippen LogP contribution in [-0.2, 0) is 19.6 Å². The van der Waals surface area contributed by atoms with Crippen molar-refractivity contribution in [1.82, 2.24) is 24.9 Å². The van der Waals surface area contributed by atoms with Gasteiger partial charge in [0.1, 0.15) is 5.82 Å². The summed E-state index contributed by atoms with van der Waals surface area (Å²) in [5, 5.41) is 15.4. The van der Waals surface area contributed by atoms with Crippen molar-refractivity contribution in [2.45, 2.75) is 33.5 Å².